The van der Waals surface area contributed by atoms with E-state index >= 15 is 0 Å². The molecule has 1 unspecified atom stereocenters. The summed E-state index contributed by atoms with van der Waals surface area (Å²) in [6.45, 7) is 2.41. The number of nitrogens with zero attached hydrogens (tertiary/aromatic N) is 3. The van der Waals surface area contributed by atoms with E-state index in [2.05, 4.69) is 48.2 Å². The van der Waals surface area contributed by atoms with Crippen molar-refractivity contribution in [2.45, 2.75) is 6.04 Å². The molecule has 1 saturated heterocycles. The molecule has 2 aromatic heterocycles. The summed E-state index contributed by atoms with van der Waals surface area (Å²) < 4.78 is 0.735. The summed E-state index contributed by atoms with van der Waals surface area (Å²) >= 11 is 9.64. The first-order chi connectivity index (χ1) is 13.6. The lowest BCUT2D eigenvalue weighted by Crippen LogP contribution is -2.46. The number of anilines is 1. The Balaban J connectivity index is 1.60. The van der Waals surface area contributed by atoms with Crippen molar-refractivity contribution in [3.63, 3.8) is 0 Å². The minimum Gasteiger partial charge on any atom is -0.353 e. The van der Waals surface area contributed by atoms with Crippen LogP contribution in [0.25, 0.3) is 0 Å². The van der Waals surface area contributed by atoms with E-state index in [4.69, 9.17) is 11.6 Å². The molecule has 0 spiro atoms. The molecule has 0 saturated carbocycles. The third-order valence-electron chi connectivity index (χ3n) is 4.71. The summed E-state index contributed by atoms with van der Waals surface area (Å²) in [4.78, 5) is 23.7. The third-order valence-corrected chi connectivity index (χ3v) is 5.45. The average Bonchev–Trinajstić information content (AvgIpc) is 2.74. The van der Waals surface area contributed by atoms with Crippen LogP contribution in [0.5, 0.6) is 0 Å². The van der Waals surface area contributed by atoms with Crippen molar-refractivity contribution in [3.8, 4) is 0 Å². The summed E-state index contributed by atoms with van der Waals surface area (Å²) in [5.74, 6) is 0.508. The summed E-state index contributed by atoms with van der Waals surface area (Å²) in [6, 6.07) is 15.9. The SMILES string of the molecule is O=C(c1cncc(Br)c1)c1nc(N2CCNC(c3ccccc3)C2)ccc1Cl. The predicted molar refractivity (Wildman–Crippen MR) is 114 cm³/mol. The minimum atomic E-state index is -0.240. The number of hydrogen-bond donors (Lipinski definition) is 1. The monoisotopic (exact) mass is 456 g/mol. The van der Waals surface area contributed by atoms with Crippen molar-refractivity contribution in [2.75, 3.05) is 24.5 Å². The van der Waals surface area contributed by atoms with Gasteiger partial charge in [-0.2, -0.15) is 0 Å². The van der Waals surface area contributed by atoms with Crippen molar-refractivity contribution in [1.82, 2.24) is 15.3 Å². The molecule has 1 atom stereocenters. The molecule has 3 heterocycles. The molecule has 0 aliphatic carbocycles. The lowest BCUT2D eigenvalue weighted by molar-refractivity contribution is 0.103. The van der Waals surface area contributed by atoms with E-state index in [0.29, 0.717) is 10.6 Å². The standard InChI is InChI=1S/C21H18BrClN4O/c22-16-10-15(11-24-12-16)21(28)20-17(23)6-7-19(26-20)27-9-8-25-18(13-27)14-4-2-1-3-5-14/h1-7,10-12,18,25H,8-9,13H2. The Morgan fingerprint density at radius 2 is 2.00 bits per heavy atom. The molecule has 1 aliphatic rings. The minimum absolute atomic E-state index is 0.209. The fraction of sp³-hybridized carbons (Fsp3) is 0.190. The maximum absolute atomic E-state index is 12.9. The van der Waals surface area contributed by atoms with Crippen LogP contribution in [0.15, 0.2) is 65.4 Å². The second kappa shape index (κ2) is 8.39. The van der Waals surface area contributed by atoms with Crippen LogP contribution in [0.1, 0.15) is 27.7 Å². The number of halogens is 2. The molecule has 1 N–H and O–H groups in total. The van der Waals surface area contributed by atoms with Crippen LogP contribution >= 0.6 is 27.5 Å². The van der Waals surface area contributed by atoms with Crippen molar-refractivity contribution in [3.05, 3.63) is 87.2 Å². The van der Waals surface area contributed by atoms with Crippen molar-refractivity contribution in [2.24, 2.45) is 0 Å². The molecule has 3 aromatic rings. The number of hydrogen-bond acceptors (Lipinski definition) is 5. The van der Waals surface area contributed by atoms with Crippen LogP contribution in [0.3, 0.4) is 0 Å². The Labute approximate surface area is 176 Å². The van der Waals surface area contributed by atoms with Gasteiger partial charge in [0.05, 0.1) is 5.02 Å². The fourth-order valence-electron chi connectivity index (χ4n) is 3.31. The molecule has 0 amide bonds. The Bertz CT molecular complexity index is 999. The van der Waals surface area contributed by atoms with Gasteiger partial charge < -0.3 is 10.2 Å². The lowest BCUT2D eigenvalue weighted by Gasteiger charge is -2.35. The smallest absolute Gasteiger partial charge is 0.214 e. The maximum atomic E-state index is 12.9. The topological polar surface area (TPSA) is 58.1 Å². The number of ketones is 1. The van der Waals surface area contributed by atoms with Crippen LogP contribution in [0.4, 0.5) is 5.82 Å². The molecule has 142 valence electrons. The van der Waals surface area contributed by atoms with E-state index < -0.39 is 0 Å². The van der Waals surface area contributed by atoms with E-state index in [9.17, 15) is 4.79 Å². The van der Waals surface area contributed by atoms with E-state index in [0.717, 1.165) is 29.9 Å². The van der Waals surface area contributed by atoms with Gasteiger partial charge in [-0.3, -0.25) is 9.78 Å². The van der Waals surface area contributed by atoms with Crippen LogP contribution < -0.4 is 10.2 Å². The number of rotatable bonds is 4. The van der Waals surface area contributed by atoms with Gasteiger partial charge in [-0.15, -0.1) is 0 Å². The second-order valence-corrected chi connectivity index (χ2v) is 7.91. The van der Waals surface area contributed by atoms with Crippen molar-refractivity contribution in [1.29, 1.82) is 0 Å². The van der Waals surface area contributed by atoms with Gasteiger partial charge in [0.2, 0.25) is 5.78 Å². The van der Waals surface area contributed by atoms with E-state index in [-0.39, 0.29) is 17.5 Å². The first-order valence-electron chi connectivity index (χ1n) is 8.97. The number of aromatic nitrogens is 2. The lowest BCUT2D eigenvalue weighted by atomic mass is 10.0. The van der Waals surface area contributed by atoms with E-state index in [1.54, 1.807) is 18.3 Å². The summed E-state index contributed by atoms with van der Waals surface area (Å²) in [7, 11) is 0. The first-order valence-corrected chi connectivity index (χ1v) is 10.1. The normalized spacial score (nSPS) is 16.8. The highest BCUT2D eigenvalue weighted by atomic mass is 79.9. The maximum Gasteiger partial charge on any atom is 0.214 e. The zero-order valence-electron chi connectivity index (χ0n) is 15.0. The zero-order chi connectivity index (χ0) is 19.5. The van der Waals surface area contributed by atoms with Gasteiger partial charge in [0.1, 0.15) is 11.5 Å². The van der Waals surface area contributed by atoms with Gasteiger partial charge >= 0.3 is 0 Å². The number of piperazine rings is 1. The van der Waals surface area contributed by atoms with Crippen LogP contribution in [-0.2, 0) is 0 Å². The predicted octanol–water partition coefficient (Wildman–Crippen LogP) is 4.27. The molecule has 5 nitrogen and oxygen atoms in total. The number of nitrogens with one attached hydrogen (secondary N) is 1. The molecule has 1 aromatic carbocycles. The van der Waals surface area contributed by atoms with E-state index in [1.165, 1.54) is 11.8 Å². The van der Waals surface area contributed by atoms with Gasteiger partial charge in [-0.1, -0.05) is 41.9 Å². The Kier molecular flexibility index (Phi) is 5.71. The number of benzene rings is 1. The van der Waals surface area contributed by atoms with Gasteiger partial charge in [0.25, 0.3) is 0 Å². The Hall–Kier alpha value is -2.28. The fourth-order valence-corrected chi connectivity index (χ4v) is 3.86. The molecule has 1 fully saturated rings. The van der Waals surface area contributed by atoms with Gasteiger partial charge in [0.15, 0.2) is 0 Å². The van der Waals surface area contributed by atoms with Crippen LogP contribution in [0.2, 0.25) is 5.02 Å². The van der Waals surface area contributed by atoms with Gasteiger partial charge in [-0.25, -0.2) is 4.98 Å². The zero-order valence-corrected chi connectivity index (χ0v) is 17.3. The largest absolute Gasteiger partial charge is 0.353 e. The number of carbonyl (C=O) groups excluding carboxylic acids is 1. The highest BCUT2D eigenvalue weighted by Crippen LogP contribution is 2.25. The molecule has 28 heavy (non-hydrogen) atoms. The average molecular weight is 458 g/mol. The van der Waals surface area contributed by atoms with Gasteiger partial charge in [0, 0.05) is 48.1 Å². The molecule has 4 rings (SSSR count). The molecular weight excluding hydrogens is 440 g/mol. The second-order valence-electron chi connectivity index (χ2n) is 6.58. The van der Waals surface area contributed by atoms with Crippen LogP contribution in [-0.4, -0.2) is 35.4 Å². The number of carbonyl (C=O) groups is 1. The van der Waals surface area contributed by atoms with Crippen LogP contribution in [0, 0.1) is 0 Å². The van der Waals surface area contributed by atoms with Gasteiger partial charge in [-0.05, 0) is 39.7 Å². The molecule has 0 radical (unpaired) electrons. The Morgan fingerprint density at radius 1 is 1.18 bits per heavy atom. The molecular formula is C21H18BrClN4O. The first kappa shape index (κ1) is 19.1. The molecule has 7 heteroatoms. The summed E-state index contributed by atoms with van der Waals surface area (Å²) in [6.07, 6.45) is 3.15. The molecule has 1 aliphatic heterocycles. The van der Waals surface area contributed by atoms with E-state index in [1.807, 2.05) is 24.3 Å². The van der Waals surface area contributed by atoms with Crippen molar-refractivity contribution < 1.29 is 4.79 Å². The molecule has 0 bridgehead atoms. The van der Waals surface area contributed by atoms with Crippen molar-refractivity contribution >= 4 is 39.1 Å². The summed E-state index contributed by atoms with van der Waals surface area (Å²) in [5, 5.41) is 3.88. The third kappa shape index (κ3) is 4.09. The highest BCUT2D eigenvalue weighted by Gasteiger charge is 2.23. The summed E-state index contributed by atoms with van der Waals surface area (Å²) in [5.41, 5.74) is 1.93. The quantitative estimate of drug-likeness (QED) is 0.593. The highest BCUT2D eigenvalue weighted by molar-refractivity contribution is 9.10. The Morgan fingerprint density at radius 3 is 2.79 bits per heavy atom. The number of pyridine rings is 2.